The van der Waals surface area contributed by atoms with E-state index in [2.05, 4.69) is 10.0 Å². The van der Waals surface area contributed by atoms with Crippen LogP contribution in [0, 0.1) is 13.8 Å². The summed E-state index contributed by atoms with van der Waals surface area (Å²) < 4.78 is 54.8. The molecule has 0 aromatic heterocycles. The van der Waals surface area contributed by atoms with Gasteiger partial charge in [0, 0.05) is 32.4 Å². The van der Waals surface area contributed by atoms with Gasteiger partial charge in [0.1, 0.15) is 0 Å². The summed E-state index contributed by atoms with van der Waals surface area (Å²) in [6.07, 6.45) is 0. The van der Waals surface area contributed by atoms with E-state index in [0.29, 0.717) is 22.6 Å². The smallest absolute Gasteiger partial charge is 0.303 e. The van der Waals surface area contributed by atoms with Crippen LogP contribution < -0.4 is 14.3 Å². The van der Waals surface area contributed by atoms with Gasteiger partial charge in [0.05, 0.1) is 16.3 Å². The number of aryl methyl sites for hydroxylation is 2. The molecule has 0 saturated heterocycles. The van der Waals surface area contributed by atoms with Gasteiger partial charge in [-0.15, -0.1) is 0 Å². The average Bonchev–Trinajstić information content (AvgIpc) is 2.80. The fraction of sp³-hybridized carbons (Fsp3) is 0.208. The molecule has 0 aliphatic heterocycles. The van der Waals surface area contributed by atoms with Gasteiger partial charge in [-0.25, -0.2) is 8.42 Å². The monoisotopic (exact) mass is 516 g/mol. The molecule has 3 rings (SSSR count). The summed E-state index contributed by atoms with van der Waals surface area (Å²) in [4.78, 5) is 12.7. The molecule has 0 unspecified atom stereocenters. The summed E-state index contributed by atoms with van der Waals surface area (Å²) in [7, 11) is -3.14. The van der Waals surface area contributed by atoms with Crippen LogP contribution in [-0.2, 0) is 20.2 Å². The van der Waals surface area contributed by atoms with E-state index in [1.165, 1.54) is 69.7 Å². The number of sulfonamides is 1. The molecule has 0 atom stereocenters. The highest BCUT2D eigenvalue weighted by Gasteiger charge is 2.21. The molecule has 0 aliphatic rings. The van der Waals surface area contributed by atoms with Crippen molar-refractivity contribution in [3.05, 3.63) is 83.4 Å². The molecule has 3 aromatic carbocycles. The fourth-order valence-electron chi connectivity index (χ4n) is 3.25. The maximum atomic E-state index is 12.7. The predicted octanol–water partition coefficient (Wildman–Crippen LogP) is 3.60. The summed E-state index contributed by atoms with van der Waals surface area (Å²) >= 11 is 0. The third-order valence-corrected chi connectivity index (χ3v) is 8.56. The molecule has 11 heteroatoms. The van der Waals surface area contributed by atoms with E-state index in [1.54, 1.807) is 6.07 Å². The summed E-state index contributed by atoms with van der Waals surface area (Å²) in [6, 6.07) is 17.3. The molecule has 3 aromatic rings. The van der Waals surface area contributed by atoms with Crippen molar-refractivity contribution < 1.29 is 21.6 Å². The van der Waals surface area contributed by atoms with Gasteiger partial charge in [0.25, 0.3) is 15.9 Å². The molecule has 186 valence electrons. The van der Waals surface area contributed by atoms with Crippen LogP contribution in [0.5, 0.6) is 0 Å². The Morgan fingerprint density at radius 1 is 0.800 bits per heavy atom. The van der Waals surface area contributed by atoms with Crippen molar-refractivity contribution in [3.8, 4) is 0 Å². The molecule has 0 aliphatic carbocycles. The molecule has 0 spiro atoms. The topological polar surface area (TPSA) is 116 Å². The van der Waals surface area contributed by atoms with Gasteiger partial charge in [0.15, 0.2) is 0 Å². The SMILES string of the molecule is Cc1ccc(NS(=O)(=O)c2ccc(NC(=O)c3ccc(N(C)S(=O)(=O)N(C)C)cc3)cc2)c(C)c1. The lowest BCUT2D eigenvalue weighted by atomic mass is 10.1. The zero-order chi connectivity index (χ0) is 26.0. The number of amides is 1. The fourth-order valence-corrected chi connectivity index (χ4v) is 5.26. The largest absolute Gasteiger partial charge is 0.322 e. The van der Waals surface area contributed by atoms with Crippen LogP contribution in [0.25, 0.3) is 0 Å². The van der Waals surface area contributed by atoms with Gasteiger partial charge >= 0.3 is 10.2 Å². The van der Waals surface area contributed by atoms with E-state index in [9.17, 15) is 21.6 Å². The van der Waals surface area contributed by atoms with Crippen molar-refractivity contribution in [3.63, 3.8) is 0 Å². The number of benzene rings is 3. The second kappa shape index (κ2) is 10.1. The normalized spacial score (nSPS) is 11.8. The molecule has 9 nitrogen and oxygen atoms in total. The van der Waals surface area contributed by atoms with Crippen LogP contribution >= 0.6 is 0 Å². The van der Waals surface area contributed by atoms with E-state index in [4.69, 9.17) is 0 Å². The zero-order valence-corrected chi connectivity index (χ0v) is 21.7. The van der Waals surface area contributed by atoms with Crippen molar-refractivity contribution in [2.45, 2.75) is 18.7 Å². The summed E-state index contributed by atoms with van der Waals surface area (Å²) in [5.41, 5.74) is 3.48. The minimum absolute atomic E-state index is 0.0602. The van der Waals surface area contributed by atoms with Crippen molar-refractivity contribution in [2.24, 2.45) is 0 Å². The Bertz CT molecular complexity index is 1430. The molecular weight excluding hydrogens is 488 g/mol. The summed E-state index contributed by atoms with van der Waals surface area (Å²) in [6.45, 7) is 3.76. The second-order valence-electron chi connectivity index (χ2n) is 8.21. The Kier molecular flexibility index (Phi) is 7.53. The summed E-state index contributed by atoms with van der Waals surface area (Å²) in [5, 5.41) is 2.70. The Morgan fingerprint density at radius 3 is 1.94 bits per heavy atom. The molecular formula is C24H28N4O5S2. The van der Waals surface area contributed by atoms with Gasteiger partial charge in [0.2, 0.25) is 0 Å². The second-order valence-corrected chi connectivity index (χ2v) is 12.1. The molecule has 0 saturated carbocycles. The number of carbonyl (C=O) groups excluding carboxylic acids is 1. The number of carbonyl (C=O) groups is 1. The molecule has 2 N–H and O–H groups in total. The van der Waals surface area contributed by atoms with E-state index in [0.717, 1.165) is 19.7 Å². The lowest BCUT2D eigenvalue weighted by molar-refractivity contribution is 0.102. The van der Waals surface area contributed by atoms with E-state index < -0.39 is 26.1 Å². The molecule has 0 heterocycles. The molecule has 0 bridgehead atoms. The standard InChI is InChI=1S/C24H28N4O5S2/c1-17-6-15-23(18(2)16-17)26-34(30,31)22-13-9-20(10-14-22)25-24(29)19-7-11-21(12-8-19)28(5)35(32,33)27(3)4/h6-16,26H,1-5H3,(H,25,29). The first-order chi connectivity index (χ1) is 16.3. The number of rotatable bonds is 8. The van der Waals surface area contributed by atoms with Crippen LogP contribution in [0.4, 0.5) is 17.1 Å². The third-order valence-electron chi connectivity index (χ3n) is 5.35. The first-order valence-electron chi connectivity index (χ1n) is 10.6. The molecule has 0 fully saturated rings. The van der Waals surface area contributed by atoms with Crippen LogP contribution in [-0.4, -0.2) is 48.2 Å². The van der Waals surface area contributed by atoms with Gasteiger partial charge < -0.3 is 5.32 Å². The maximum Gasteiger partial charge on any atom is 0.303 e. The molecule has 0 radical (unpaired) electrons. The zero-order valence-electron chi connectivity index (χ0n) is 20.1. The highest BCUT2D eigenvalue weighted by atomic mass is 32.2. The van der Waals surface area contributed by atoms with Gasteiger partial charge in [-0.05, 0) is 74.0 Å². The maximum absolute atomic E-state index is 12.7. The first-order valence-corrected chi connectivity index (χ1v) is 13.5. The number of anilines is 3. The minimum atomic E-state index is -3.80. The van der Waals surface area contributed by atoms with Crippen molar-refractivity contribution >= 4 is 43.2 Å². The van der Waals surface area contributed by atoms with Crippen LogP contribution in [0.15, 0.2) is 71.6 Å². The lowest BCUT2D eigenvalue weighted by Gasteiger charge is -2.23. The van der Waals surface area contributed by atoms with Crippen LogP contribution in [0.2, 0.25) is 0 Å². The van der Waals surface area contributed by atoms with E-state index in [-0.39, 0.29) is 4.90 Å². The lowest BCUT2D eigenvalue weighted by Crippen LogP contribution is -2.37. The third kappa shape index (κ3) is 5.99. The van der Waals surface area contributed by atoms with Gasteiger partial charge in [-0.2, -0.15) is 12.7 Å². The Morgan fingerprint density at radius 2 is 1.40 bits per heavy atom. The summed E-state index contributed by atoms with van der Waals surface area (Å²) in [5.74, 6) is -0.418. The molecule has 1 amide bonds. The number of nitrogens with one attached hydrogen (secondary N) is 2. The number of nitrogens with zero attached hydrogens (tertiary/aromatic N) is 2. The quantitative estimate of drug-likeness (QED) is 0.475. The highest BCUT2D eigenvalue weighted by Crippen LogP contribution is 2.23. The highest BCUT2D eigenvalue weighted by molar-refractivity contribution is 7.92. The van der Waals surface area contributed by atoms with E-state index >= 15 is 0 Å². The van der Waals surface area contributed by atoms with Crippen molar-refractivity contribution in [1.29, 1.82) is 0 Å². The molecule has 35 heavy (non-hydrogen) atoms. The number of hydrogen-bond acceptors (Lipinski definition) is 5. The van der Waals surface area contributed by atoms with Gasteiger partial charge in [-0.1, -0.05) is 17.7 Å². The number of hydrogen-bond donors (Lipinski definition) is 2. The first kappa shape index (κ1) is 26.2. The Hall–Kier alpha value is -3.41. The Labute approximate surface area is 206 Å². The van der Waals surface area contributed by atoms with Crippen molar-refractivity contribution in [2.75, 3.05) is 35.5 Å². The minimum Gasteiger partial charge on any atom is -0.322 e. The average molecular weight is 517 g/mol. The van der Waals surface area contributed by atoms with E-state index in [1.807, 2.05) is 26.0 Å². The van der Waals surface area contributed by atoms with Crippen molar-refractivity contribution in [1.82, 2.24) is 4.31 Å². The van der Waals surface area contributed by atoms with Crippen LogP contribution in [0.1, 0.15) is 21.5 Å². The van der Waals surface area contributed by atoms with Gasteiger partial charge in [-0.3, -0.25) is 13.8 Å². The predicted molar refractivity (Wildman–Crippen MR) is 139 cm³/mol. The Balaban J connectivity index is 1.70. The van der Waals surface area contributed by atoms with Crippen LogP contribution in [0.3, 0.4) is 0 Å².